The highest BCUT2D eigenvalue weighted by Gasteiger charge is 2.01. The molecule has 0 saturated heterocycles. The summed E-state index contributed by atoms with van der Waals surface area (Å²) in [5, 5.41) is 10.00. The van der Waals surface area contributed by atoms with Crippen LogP contribution >= 0.6 is 22.7 Å². The van der Waals surface area contributed by atoms with Gasteiger partial charge in [-0.1, -0.05) is 0 Å². The number of nitrogens with one attached hydrogen (secondary N) is 2. The van der Waals surface area contributed by atoms with Crippen molar-refractivity contribution in [3.63, 3.8) is 0 Å². The van der Waals surface area contributed by atoms with E-state index in [0.29, 0.717) is 0 Å². The first kappa shape index (κ1) is 16.0. The molecule has 114 valence electrons. The number of hydrogen-bond donors (Lipinski definition) is 2. The molecule has 21 heavy (non-hydrogen) atoms. The van der Waals surface area contributed by atoms with Crippen molar-refractivity contribution in [1.29, 1.82) is 0 Å². The van der Waals surface area contributed by atoms with Crippen molar-refractivity contribution in [1.82, 2.24) is 15.6 Å². The van der Waals surface area contributed by atoms with Gasteiger partial charge in [0.05, 0.1) is 11.6 Å². The van der Waals surface area contributed by atoms with Crippen LogP contribution in [0.5, 0.6) is 0 Å². The van der Waals surface area contributed by atoms with Crippen LogP contribution in [0.2, 0.25) is 0 Å². The minimum absolute atomic E-state index is 0.823. The van der Waals surface area contributed by atoms with Gasteiger partial charge in [0.25, 0.3) is 0 Å². The maximum Gasteiger partial charge on any atom is 0.191 e. The van der Waals surface area contributed by atoms with Crippen LogP contribution in [-0.2, 0) is 13.0 Å². The molecule has 2 aromatic rings. The predicted molar refractivity (Wildman–Crippen MR) is 92.4 cm³/mol. The summed E-state index contributed by atoms with van der Waals surface area (Å²) in [6.45, 7) is 5.89. The smallest absolute Gasteiger partial charge is 0.191 e. The second kappa shape index (κ2) is 8.14. The molecule has 0 unspecified atom stereocenters. The highest BCUT2D eigenvalue weighted by Crippen LogP contribution is 2.14. The van der Waals surface area contributed by atoms with Crippen LogP contribution < -0.4 is 10.6 Å². The van der Waals surface area contributed by atoms with Gasteiger partial charge in [-0.05, 0) is 32.4 Å². The van der Waals surface area contributed by atoms with Crippen LogP contribution in [0, 0.1) is 13.8 Å². The largest absolute Gasteiger partial charge is 0.356 e. The minimum atomic E-state index is 0.823. The van der Waals surface area contributed by atoms with Crippen molar-refractivity contribution in [2.24, 2.45) is 4.99 Å². The molecule has 4 nitrogen and oxygen atoms in total. The third-order valence-corrected chi connectivity index (χ3v) is 5.00. The molecule has 0 atom stereocenters. The molecule has 0 saturated carbocycles. The number of nitrogens with zero attached hydrogens (tertiary/aromatic N) is 2. The third kappa shape index (κ3) is 5.47. The summed E-state index contributed by atoms with van der Waals surface area (Å²) < 4.78 is 0. The van der Waals surface area contributed by atoms with Gasteiger partial charge in [0.15, 0.2) is 5.96 Å². The van der Waals surface area contributed by atoms with E-state index in [4.69, 9.17) is 0 Å². The molecule has 0 aliphatic rings. The third-order valence-electron chi connectivity index (χ3n) is 2.98. The number of guanidine groups is 1. The van der Waals surface area contributed by atoms with Crippen LogP contribution in [0.1, 0.15) is 26.9 Å². The molecule has 6 heteroatoms. The van der Waals surface area contributed by atoms with Gasteiger partial charge in [-0.25, -0.2) is 4.98 Å². The van der Waals surface area contributed by atoms with E-state index in [9.17, 15) is 0 Å². The van der Waals surface area contributed by atoms with E-state index in [2.05, 4.69) is 45.0 Å². The van der Waals surface area contributed by atoms with Crippen molar-refractivity contribution in [3.05, 3.63) is 38.0 Å². The lowest BCUT2D eigenvalue weighted by Gasteiger charge is -2.10. The van der Waals surface area contributed by atoms with Crippen LogP contribution in [0.4, 0.5) is 0 Å². The molecule has 0 fully saturated rings. The molecule has 0 radical (unpaired) electrons. The Morgan fingerprint density at radius 2 is 2.14 bits per heavy atom. The van der Waals surface area contributed by atoms with E-state index in [1.165, 1.54) is 14.8 Å². The van der Waals surface area contributed by atoms with Gasteiger partial charge in [-0.3, -0.25) is 4.99 Å². The zero-order valence-electron chi connectivity index (χ0n) is 12.8. The average molecular weight is 323 g/mol. The van der Waals surface area contributed by atoms with Crippen LogP contribution in [0.15, 0.2) is 22.5 Å². The molecule has 0 amide bonds. The van der Waals surface area contributed by atoms with Gasteiger partial charge < -0.3 is 10.6 Å². The summed E-state index contributed by atoms with van der Waals surface area (Å²) >= 11 is 3.56. The molecule has 0 bridgehead atoms. The Morgan fingerprint density at radius 1 is 1.29 bits per heavy atom. The summed E-state index contributed by atoms with van der Waals surface area (Å²) in [4.78, 5) is 11.4. The fraction of sp³-hybridized carbons (Fsp3) is 0.467. The molecule has 2 aromatic heterocycles. The molecule has 0 aliphatic carbocycles. The molecule has 0 aliphatic heterocycles. The number of thiophene rings is 1. The molecule has 2 heterocycles. The lowest BCUT2D eigenvalue weighted by molar-refractivity contribution is 0.740. The van der Waals surface area contributed by atoms with Gasteiger partial charge in [-0.2, -0.15) is 0 Å². The van der Waals surface area contributed by atoms with Crippen LogP contribution in [0.25, 0.3) is 0 Å². The van der Waals surface area contributed by atoms with E-state index in [1.807, 2.05) is 18.3 Å². The molecule has 0 spiro atoms. The van der Waals surface area contributed by atoms with E-state index >= 15 is 0 Å². The second-order valence-corrected chi connectivity index (χ2v) is 7.17. The van der Waals surface area contributed by atoms with Gasteiger partial charge in [0.1, 0.15) is 0 Å². The van der Waals surface area contributed by atoms with Gasteiger partial charge in [-0.15, -0.1) is 22.7 Å². The quantitative estimate of drug-likeness (QED) is 0.488. The van der Waals surface area contributed by atoms with E-state index in [-0.39, 0.29) is 0 Å². The van der Waals surface area contributed by atoms with Gasteiger partial charge >= 0.3 is 0 Å². The molecular formula is C15H22N4S2. The fourth-order valence-corrected chi connectivity index (χ4v) is 3.58. The Morgan fingerprint density at radius 3 is 2.76 bits per heavy atom. The standard InChI is InChI=1S/C15H22N4S2/c1-11-10-20-14(19-11)5-4-8-17-15(16-3)18-9-13-7-6-12(2)21-13/h6-7,10H,4-5,8-9H2,1-3H3,(H2,16,17,18). The summed E-state index contributed by atoms with van der Waals surface area (Å²) in [5.41, 5.74) is 1.12. The van der Waals surface area contributed by atoms with Gasteiger partial charge in [0, 0.05) is 40.8 Å². The maximum absolute atomic E-state index is 4.47. The fourth-order valence-electron chi connectivity index (χ4n) is 1.94. The molecular weight excluding hydrogens is 300 g/mol. The SMILES string of the molecule is CN=C(NCCCc1nc(C)cs1)NCc1ccc(C)s1. The van der Waals surface area contributed by atoms with Gasteiger partial charge in [0.2, 0.25) is 0 Å². The Kier molecular flexibility index (Phi) is 6.20. The van der Waals surface area contributed by atoms with Crippen molar-refractivity contribution >= 4 is 28.6 Å². The summed E-state index contributed by atoms with van der Waals surface area (Å²) in [5.74, 6) is 0.858. The monoisotopic (exact) mass is 322 g/mol. The van der Waals surface area contributed by atoms with Crippen molar-refractivity contribution in [2.45, 2.75) is 33.2 Å². The average Bonchev–Trinajstić information content (AvgIpc) is 3.07. The van der Waals surface area contributed by atoms with Crippen molar-refractivity contribution in [2.75, 3.05) is 13.6 Å². The Bertz CT molecular complexity index is 586. The second-order valence-electron chi connectivity index (χ2n) is 4.85. The Hall–Kier alpha value is -1.40. The summed E-state index contributed by atoms with van der Waals surface area (Å²) in [6.07, 6.45) is 2.08. The van der Waals surface area contributed by atoms with Crippen molar-refractivity contribution in [3.8, 4) is 0 Å². The highest BCUT2D eigenvalue weighted by molar-refractivity contribution is 7.11. The lowest BCUT2D eigenvalue weighted by Crippen LogP contribution is -2.37. The van der Waals surface area contributed by atoms with Crippen LogP contribution in [0.3, 0.4) is 0 Å². The number of thiazole rings is 1. The first-order chi connectivity index (χ1) is 10.2. The number of rotatable bonds is 6. The van der Waals surface area contributed by atoms with E-state index < -0.39 is 0 Å². The number of hydrogen-bond acceptors (Lipinski definition) is 4. The first-order valence-electron chi connectivity index (χ1n) is 7.08. The predicted octanol–water partition coefficient (Wildman–Crippen LogP) is 3.12. The first-order valence-corrected chi connectivity index (χ1v) is 8.78. The molecule has 0 aromatic carbocycles. The number of aromatic nitrogens is 1. The number of aliphatic imine (C=N–C) groups is 1. The van der Waals surface area contributed by atoms with E-state index in [0.717, 1.165) is 37.6 Å². The zero-order chi connectivity index (χ0) is 15.1. The zero-order valence-corrected chi connectivity index (χ0v) is 14.4. The topological polar surface area (TPSA) is 49.3 Å². The normalized spacial score (nSPS) is 11.7. The minimum Gasteiger partial charge on any atom is -0.356 e. The molecule has 2 rings (SSSR count). The number of aryl methyl sites for hydroxylation is 3. The van der Waals surface area contributed by atoms with E-state index in [1.54, 1.807) is 18.4 Å². The Labute approximate surface area is 134 Å². The van der Waals surface area contributed by atoms with Crippen LogP contribution in [-0.4, -0.2) is 24.5 Å². The molecule has 2 N–H and O–H groups in total. The summed E-state index contributed by atoms with van der Waals surface area (Å²) in [6, 6.07) is 4.30. The maximum atomic E-state index is 4.47. The highest BCUT2D eigenvalue weighted by atomic mass is 32.1. The lowest BCUT2D eigenvalue weighted by atomic mass is 10.3. The summed E-state index contributed by atoms with van der Waals surface area (Å²) in [7, 11) is 1.80. The van der Waals surface area contributed by atoms with Crippen molar-refractivity contribution < 1.29 is 0 Å². The Balaban J connectivity index is 1.65.